The fourth-order valence-corrected chi connectivity index (χ4v) is 4.16. The van der Waals surface area contributed by atoms with Crippen LogP contribution < -0.4 is 10.1 Å². The number of aryl methyl sites for hydroxylation is 2. The van der Waals surface area contributed by atoms with Crippen molar-refractivity contribution in [3.8, 4) is 5.75 Å². The van der Waals surface area contributed by atoms with Crippen molar-refractivity contribution in [1.29, 1.82) is 0 Å². The van der Waals surface area contributed by atoms with Crippen LogP contribution in [0.4, 0.5) is 14.5 Å². The molecule has 2 aromatic rings. The first kappa shape index (κ1) is 21.8. The molecule has 2 amide bonds. The fraction of sp³-hybridized carbons (Fsp3) is 0.273. The number of carbonyl (C=O) groups excluding carboxylic acids is 2. The van der Waals surface area contributed by atoms with Crippen molar-refractivity contribution >= 4 is 35.3 Å². The minimum absolute atomic E-state index is 0.0172. The lowest BCUT2D eigenvalue weighted by molar-refractivity contribution is -0.132. The number of nitrogens with one attached hydrogen (secondary N) is 1. The van der Waals surface area contributed by atoms with Gasteiger partial charge in [0.05, 0.1) is 5.88 Å². The second-order valence-corrected chi connectivity index (χ2v) is 7.86. The molecule has 0 aromatic heterocycles. The summed E-state index contributed by atoms with van der Waals surface area (Å²) in [6, 6.07) is 11.2. The summed E-state index contributed by atoms with van der Waals surface area (Å²) >= 11 is 1.48. The molecule has 0 aliphatic carbocycles. The van der Waals surface area contributed by atoms with Gasteiger partial charge >= 0.3 is 6.61 Å². The number of nitrogens with zero attached hydrogens (tertiary/aromatic N) is 1. The van der Waals surface area contributed by atoms with E-state index in [2.05, 4.69) is 10.1 Å². The van der Waals surface area contributed by atoms with Crippen molar-refractivity contribution in [2.24, 2.45) is 0 Å². The van der Waals surface area contributed by atoms with Gasteiger partial charge in [-0.1, -0.05) is 24.3 Å². The van der Waals surface area contributed by atoms with Gasteiger partial charge in [0.15, 0.2) is 0 Å². The monoisotopic (exact) mass is 432 g/mol. The van der Waals surface area contributed by atoms with Crippen LogP contribution in [0.25, 0.3) is 6.08 Å². The van der Waals surface area contributed by atoms with Gasteiger partial charge in [0.2, 0.25) is 11.8 Å². The van der Waals surface area contributed by atoms with Crippen LogP contribution in [0, 0.1) is 13.8 Å². The van der Waals surface area contributed by atoms with Crippen molar-refractivity contribution in [2.45, 2.75) is 26.5 Å². The van der Waals surface area contributed by atoms with E-state index in [0.717, 1.165) is 11.1 Å². The molecule has 0 radical (unpaired) electrons. The van der Waals surface area contributed by atoms with Crippen molar-refractivity contribution in [2.75, 3.05) is 16.9 Å². The van der Waals surface area contributed by atoms with Crippen LogP contribution in [0.15, 0.2) is 48.5 Å². The van der Waals surface area contributed by atoms with Crippen LogP contribution in [0.5, 0.6) is 5.75 Å². The van der Waals surface area contributed by atoms with Crippen LogP contribution in [0.1, 0.15) is 16.7 Å². The van der Waals surface area contributed by atoms with E-state index in [-0.39, 0.29) is 17.6 Å². The molecular formula is C22H22F2N2O3S. The van der Waals surface area contributed by atoms with Gasteiger partial charge in [0.25, 0.3) is 0 Å². The van der Waals surface area contributed by atoms with E-state index in [1.165, 1.54) is 34.9 Å². The van der Waals surface area contributed by atoms with Gasteiger partial charge in [-0.3, -0.25) is 9.59 Å². The average Bonchev–Trinajstić information content (AvgIpc) is 3.19. The van der Waals surface area contributed by atoms with Crippen LogP contribution >= 0.6 is 11.8 Å². The predicted molar refractivity (Wildman–Crippen MR) is 115 cm³/mol. The third-order valence-electron chi connectivity index (χ3n) is 4.78. The summed E-state index contributed by atoms with van der Waals surface area (Å²) in [5.41, 5.74) is 3.23. The van der Waals surface area contributed by atoms with E-state index < -0.39 is 12.7 Å². The molecule has 1 heterocycles. The van der Waals surface area contributed by atoms with Gasteiger partial charge in [0.1, 0.15) is 11.8 Å². The molecule has 2 aromatic carbocycles. The zero-order valence-electron chi connectivity index (χ0n) is 16.6. The molecular weight excluding hydrogens is 410 g/mol. The molecule has 1 aliphatic heterocycles. The molecule has 0 bridgehead atoms. The zero-order chi connectivity index (χ0) is 21.7. The molecule has 8 heteroatoms. The minimum Gasteiger partial charge on any atom is -0.434 e. The molecule has 158 valence electrons. The topological polar surface area (TPSA) is 58.6 Å². The number of rotatable bonds is 6. The van der Waals surface area contributed by atoms with Gasteiger partial charge in [-0.2, -0.15) is 8.78 Å². The Balaban J connectivity index is 1.69. The molecule has 1 atom stereocenters. The second kappa shape index (κ2) is 9.75. The lowest BCUT2D eigenvalue weighted by Gasteiger charge is -2.22. The van der Waals surface area contributed by atoms with Crippen molar-refractivity contribution in [3.63, 3.8) is 0 Å². The first-order valence-electron chi connectivity index (χ1n) is 9.33. The molecule has 1 fully saturated rings. The molecule has 1 N–H and O–H groups in total. The third-order valence-corrected chi connectivity index (χ3v) is 5.80. The first-order valence-corrected chi connectivity index (χ1v) is 10.5. The van der Waals surface area contributed by atoms with Gasteiger partial charge in [-0.25, -0.2) is 0 Å². The summed E-state index contributed by atoms with van der Waals surface area (Å²) in [6.45, 7) is 1.00. The Bertz CT molecular complexity index is 965. The van der Waals surface area contributed by atoms with Crippen molar-refractivity contribution in [1.82, 2.24) is 4.90 Å². The molecule has 1 aliphatic rings. The molecule has 5 nitrogen and oxygen atoms in total. The van der Waals surface area contributed by atoms with Crippen LogP contribution in [0.2, 0.25) is 0 Å². The summed E-state index contributed by atoms with van der Waals surface area (Å²) in [7, 11) is 0. The van der Waals surface area contributed by atoms with Crippen LogP contribution in [-0.4, -0.2) is 41.0 Å². The maximum Gasteiger partial charge on any atom is 0.387 e. The number of hydrogen-bond donors (Lipinski definition) is 1. The molecule has 0 saturated carbocycles. The van der Waals surface area contributed by atoms with E-state index in [1.807, 2.05) is 32.0 Å². The maximum atomic E-state index is 12.7. The Labute approximate surface area is 178 Å². The summed E-state index contributed by atoms with van der Waals surface area (Å²) in [5, 5.41) is 2.87. The minimum atomic E-state index is -2.95. The Morgan fingerprint density at radius 2 is 1.97 bits per heavy atom. The highest BCUT2D eigenvalue weighted by molar-refractivity contribution is 7.99. The summed E-state index contributed by atoms with van der Waals surface area (Å²) < 4.78 is 29.6. The van der Waals surface area contributed by atoms with E-state index in [0.29, 0.717) is 22.9 Å². The van der Waals surface area contributed by atoms with E-state index in [9.17, 15) is 18.4 Å². The summed E-state index contributed by atoms with van der Waals surface area (Å²) in [6.07, 6.45) is 2.69. The molecule has 1 saturated heterocycles. The number of thioether (sulfide) groups is 1. The smallest absolute Gasteiger partial charge is 0.387 e. The van der Waals surface area contributed by atoms with Crippen molar-refractivity contribution in [3.05, 3.63) is 65.2 Å². The highest BCUT2D eigenvalue weighted by atomic mass is 32.2. The largest absolute Gasteiger partial charge is 0.434 e. The predicted octanol–water partition coefficient (Wildman–Crippen LogP) is 4.46. The van der Waals surface area contributed by atoms with Crippen LogP contribution in [0.3, 0.4) is 0 Å². The Hall–Kier alpha value is -2.87. The first-order chi connectivity index (χ1) is 14.3. The number of para-hydroxylation sites is 1. The number of benzene rings is 2. The summed E-state index contributed by atoms with van der Waals surface area (Å²) in [4.78, 5) is 26.9. The highest BCUT2D eigenvalue weighted by Crippen LogP contribution is 2.25. The van der Waals surface area contributed by atoms with Crippen molar-refractivity contribution < 1.29 is 23.1 Å². The number of anilines is 1. The third kappa shape index (κ3) is 5.38. The Morgan fingerprint density at radius 1 is 1.20 bits per heavy atom. The number of ether oxygens (including phenoxy) is 1. The average molecular weight is 432 g/mol. The van der Waals surface area contributed by atoms with Gasteiger partial charge in [-0.15, -0.1) is 11.8 Å². The van der Waals surface area contributed by atoms with E-state index in [1.54, 1.807) is 18.2 Å². The summed E-state index contributed by atoms with van der Waals surface area (Å²) in [5.74, 6) is 0.222. The normalized spacial score (nSPS) is 16.3. The van der Waals surface area contributed by atoms with E-state index in [4.69, 9.17) is 0 Å². The molecule has 1 unspecified atom stereocenters. The number of alkyl halides is 2. The Morgan fingerprint density at radius 3 is 2.70 bits per heavy atom. The van der Waals surface area contributed by atoms with Gasteiger partial charge < -0.3 is 15.0 Å². The fourth-order valence-electron chi connectivity index (χ4n) is 3.00. The zero-order valence-corrected chi connectivity index (χ0v) is 17.4. The molecule has 30 heavy (non-hydrogen) atoms. The lowest BCUT2D eigenvalue weighted by Crippen LogP contribution is -2.43. The van der Waals surface area contributed by atoms with E-state index >= 15 is 0 Å². The standard InChI is InChI=1S/C22H22F2N2O3S/c1-14-7-9-17(11-15(14)2)25-21(28)18-12-30-13-26(18)20(27)10-8-16-5-3-4-6-19(16)29-22(23)24/h3-11,18,22H,12-13H2,1-2H3,(H,25,28). The molecule has 0 spiro atoms. The quantitative estimate of drug-likeness (QED) is 0.685. The van der Waals surface area contributed by atoms with Gasteiger partial charge in [0, 0.05) is 23.1 Å². The second-order valence-electron chi connectivity index (χ2n) is 6.86. The number of hydrogen-bond acceptors (Lipinski definition) is 4. The number of halogens is 2. The van der Waals surface area contributed by atoms with Gasteiger partial charge in [-0.05, 0) is 49.2 Å². The lowest BCUT2D eigenvalue weighted by atomic mass is 10.1. The Kier molecular flexibility index (Phi) is 7.10. The number of carbonyl (C=O) groups is 2. The maximum absolute atomic E-state index is 12.7. The van der Waals surface area contributed by atoms with Crippen LogP contribution in [-0.2, 0) is 9.59 Å². The highest BCUT2D eigenvalue weighted by Gasteiger charge is 2.33. The number of amides is 2. The molecule has 3 rings (SSSR count). The SMILES string of the molecule is Cc1ccc(NC(=O)C2CSCN2C(=O)C=Cc2ccccc2OC(F)F)cc1C.